The van der Waals surface area contributed by atoms with Gasteiger partial charge in [-0.3, -0.25) is 4.79 Å². The Kier molecular flexibility index (Phi) is 6.56. The highest BCUT2D eigenvalue weighted by atomic mass is 16.2. The van der Waals surface area contributed by atoms with E-state index in [1.165, 1.54) is 64.8 Å². The normalized spacial score (nSPS) is 31.3. The quantitative estimate of drug-likeness (QED) is 0.790. The van der Waals surface area contributed by atoms with E-state index in [9.17, 15) is 4.79 Å². The highest BCUT2D eigenvalue weighted by Gasteiger charge is 2.32. The molecule has 0 spiro atoms. The van der Waals surface area contributed by atoms with Crippen LogP contribution >= 0.6 is 0 Å². The van der Waals surface area contributed by atoms with Gasteiger partial charge in [-0.05, 0) is 57.4 Å². The second-order valence-corrected chi connectivity index (χ2v) is 8.50. The smallest absolute Gasteiger partial charge is 0.225 e. The van der Waals surface area contributed by atoms with Gasteiger partial charge in [0.15, 0.2) is 0 Å². The van der Waals surface area contributed by atoms with Crippen molar-refractivity contribution < 1.29 is 4.79 Å². The summed E-state index contributed by atoms with van der Waals surface area (Å²) in [6, 6.07) is 0. The first-order chi connectivity index (χ1) is 11.7. The number of piperidine rings is 1. The van der Waals surface area contributed by atoms with Gasteiger partial charge in [0.05, 0.1) is 0 Å². The van der Waals surface area contributed by atoms with Crippen LogP contribution in [0.3, 0.4) is 0 Å². The molecule has 0 radical (unpaired) electrons. The summed E-state index contributed by atoms with van der Waals surface area (Å²) in [5.41, 5.74) is 0. The van der Waals surface area contributed by atoms with Crippen molar-refractivity contribution in [1.29, 1.82) is 0 Å². The van der Waals surface area contributed by atoms with Crippen molar-refractivity contribution in [3.8, 4) is 0 Å². The Morgan fingerprint density at radius 2 is 1.46 bits per heavy atom. The van der Waals surface area contributed by atoms with E-state index in [4.69, 9.17) is 0 Å². The van der Waals surface area contributed by atoms with E-state index in [2.05, 4.69) is 28.7 Å². The van der Waals surface area contributed by atoms with Crippen LogP contribution in [0.25, 0.3) is 0 Å². The fraction of sp³-hybridized carbons (Fsp3) is 0.950. The third kappa shape index (κ3) is 4.72. The second-order valence-electron chi connectivity index (χ2n) is 8.50. The Balaban J connectivity index is 1.38. The standard InChI is InChI=1S/C20H37N3O/c1-3-17-8-10-23(11-9-17)20(24)19-6-4-18(5-7-19)16-22-14-12-21(2)13-15-22/h17-19H,3-16H2,1-2H3. The predicted molar refractivity (Wildman–Crippen MR) is 99.0 cm³/mol. The molecule has 0 N–H and O–H groups in total. The Hall–Kier alpha value is -0.610. The maximum absolute atomic E-state index is 12.8. The second kappa shape index (κ2) is 8.66. The minimum absolute atomic E-state index is 0.326. The van der Waals surface area contributed by atoms with Crippen LogP contribution < -0.4 is 0 Å². The number of piperazine rings is 1. The molecule has 0 atom stereocenters. The van der Waals surface area contributed by atoms with Crippen LogP contribution in [0.5, 0.6) is 0 Å². The molecule has 4 heteroatoms. The molecule has 0 aromatic carbocycles. The summed E-state index contributed by atoms with van der Waals surface area (Å²) in [6.07, 6.45) is 8.50. The zero-order chi connectivity index (χ0) is 16.9. The van der Waals surface area contributed by atoms with Gasteiger partial charge in [-0.1, -0.05) is 13.3 Å². The van der Waals surface area contributed by atoms with Crippen LogP contribution in [-0.4, -0.2) is 73.5 Å². The maximum atomic E-state index is 12.8. The average Bonchev–Trinajstić information content (AvgIpc) is 2.64. The SMILES string of the molecule is CCC1CCN(C(=O)C2CCC(CN3CCN(C)CC3)CC2)CC1. The fourth-order valence-corrected chi connectivity index (χ4v) is 4.81. The molecule has 3 rings (SSSR count). The predicted octanol–water partition coefficient (Wildman–Crippen LogP) is 2.69. The molecule has 138 valence electrons. The molecule has 3 fully saturated rings. The van der Waals surface area contributed by atoms with Crippen molar-refractivity contribution in [2.24, 2.45) is 17.8 Å². The fourth-order valence-electron chi connectivity index (χ4n) is 4.81. The van der Waals surface area contributed by atoms with Crippen LogP contribution in [0.15, 0.2) is 0 Å². The molecule has 2 aliphatic heterocycles. The number of hydrogen-bond donors (Lipinski definition) is 0. The third-order valence-electron chi connectivity index (χ3n) is 6.81. The molecule has 1 aliphatic carbocycles. The van der Waals surface area contributed by atoms with Crippen molar-refractivity contribution in [3.05, 3.63) is 0 Å². The van der Waals surface area contributed by atoms with E-state index in [0.717, 1.165) is 37.8 Å². The van der Waals surface area contributed by atoms with Crippen LogP contribution in [0.1, 0.15) is 51.9 Å². The number of nitrogens with zero attached hydrogens (tertiary/aromatic N) is 3. The van der Waals surface area contributed by atoms with Gasteiger partial charge in [-0.25, -0.2) is 0 Å². The van der Waals surface area contributed by atoms with Crippen LogP contribution in [0.2, 0.25) is 0 Å². The van der Waals surface area contributed by atoms with Crippen molar-refractivity contribution >= 4 is 5.91 Å². The molecule has 4 nitrogen and oxygen atoms in total. The molecular formula is C20H37N3O. The first-order valence-corrected chi connectivity index (χ1v) is 10.4. The molecule has 1 saturated carbocycles. The summed E-state index contributed by atoms with van der Waals surface area (Å²) in [5.74, 6) is 2.48. The van der Waals surface area contributed by atoms with Crippen molar-refractivity contribution in [3.63, 3.8) is 0 Å². The van der Waals surface area contributed by atoms with Gasteiger partial charge >= 0.3 is 0 Å². The number of likely N-dealkylation sites (N-methyl/N-ethyl adjacent to an activating group) is 1. The molecule has 3 aliphatic rings. The summed E-state index contributed by atoms with van der Waals surface area (Å²) in [6.45, 7) is 10.4. The summed E-state index contributed by atoms with van der Waals surface area (Å²) in [4.78, 5) is 20.0. The first-order valence-electron chi connectivity index (χ1n) is 10.4. The van der Waals surface area contributed by atoms with Gasteiger partial charge < -0.3 is 14.7 Å². The molecule has 24 heavy (non-hydrogen) atoms. The lowest BCUT2D eigenvalue weighted by Gasteiger charge is -2.38. The summed E-state index contributed by atoms with van der Waals surface area (Å²) in [7, 11) is 2.22. The largest absolute Gasteiger partial charge is 0.342 e. The Bertz CT molecular complexity index is 390. The summed E-state index contributed by atoms with van der Waals surface area (Å²) >= 11 is 0. The Labute approximate surface area is 148 Å². The monoisotopic (exact) mass is 335 g/mol. The number of rotatable bonds is 4. The van der Waals surface area contributed by atoms with Crippen molar-refractivity contribution in [2.75, 3.05) is 52.9 Å². The van der Waals surface area contributed by atoms with E-state index in [1.807, 2.05) is 0 Å². The minimum Gasteiger partial charge on any atom is -0.342 e. The van der Waals surface area contributed by atoms with E-state index in [1.54, 1.807) is 0 Å². The number of hydrogen-bond acceptors (Lipinski definition) is 3. The molecular weight excluding hydrogens is 298 g/mol. The van der Waals surface area contributed by atoms with Crippen LogP contribution in [-0.2, 0) is 4.79 Å². The highest BCUT2D eigenvalue weighted by molar-refractivity contribution is 5.79. The molecule has 0 aromatic heterocycles. The van der Waals surface area contributed by atoms with Gasteiger partial charge in [0.1, 0.15) is 0 Å². The van der Waals surface area contributed by atoms with Gasteiger partial charge in [-0.2, -0.15) is 0 Å². The number of likely N-dealkylation sites (tertiary alicyclic amines) is 1. The maximum Gasteiger partial charge on any atom is 0.225 e. The van der Waals surface area contributed by atoms with Crippen molar-refractivity contribution in [2.45, 2.75) is 51.9 Å². The summed E-state index contributed by atoms with van der Waals surface area (Å²) < 4.78 is 0. The van der Waals surface area contributed by atoms with Gasteiger partial charge in [0, 0.05) is 51.7 Å². The Morgan fingerprint density at radius 1 is 0.833 bits per heavy atom. The molecule has 1 amide bonds. The number of carbonyl (C=O) groups excluding carboxylic acids is 1. The van der Waals surface area contributed by atoms with E-state index in [0.29, 0.717) is 11.8 Å². The highest BCUT2D eigenvalue weighted by Crippen LogP contribution is 2.32. The lowest BCUT2D eigenvalue weighted by atomic mass is 9.80. The molecule has 0 aromatic rings. The lowest BCUT2D eigenvalue weighted by molar-refractivity contribution is -0.138. The number of amides is 1. The molecule has 2 heterocycles. The lowest BCUT2D eigenvalue weighted by Crippen LogP contribution is -2.47. The summed E-state index contributed by atoms with van der Waals surface area (Å²) in [5, 5.41) is 0. The van der Waals surface area contributed by atoms with E-state index >= 15 is 0 Å². The van der Waals surface area contributed by atoms with Crippen molar-refractivity contribution in [1.82, 2.24) is 14.7 Å². The Morgan fingerprint density at radius 3 is 2.04 bits per heavy atom. The van der Waals surface area contributed by atoms with Gasteiger partial charge in [0.25, 0.3) is 0 Å². The average molecular weight is 336 g/mol. The van der Waals surface area contributed by atoms with Gasteiger partial charge in [0.2, 0.25) is 5.91 Å². The van der Waals surface area contributed by atoms with E-state index in [-0.39, 0.29) is 0 Å². The van der Waals surface area contributed by atoms with E-state index < -0.39 is 0 Å². The first kappa shape index (κ1) is 18.2. The zero-order valence-electron chi connectivity index (χ0n) is 15.9. The van der Waals surface area contributed by atoms with Crippen LogP contribution in [0, 0.1) is 17.8 Å². The topological polar surface area (TPSA) is 26.8 Å². The van der Waals surface area contributed by atoms with Gasteiger partial charge in [-0.15, -0.1) is 0 Å². The molecule has 0 bridgehead atoms. The number of carbonyl (C=O) groups is 1. The molecule has 0 unspecified atom stereocenters. The van der Waals surface area contributed by atoms with Crippen LogP contribution in [0.4, 0.5) is 0 Å². The zero-order valence-corrected chi connectivity index (χ0v) is 15.9. The molecule has 2 saturated heterocycles. The minimum atomic E-state index is 0.326. The third-order valence-corrected chi connectivity index (χ3v) is 6.81.